The van der Waals surface area contributed by atoms with Gasteiger partial charge in [0.2, 0.25) is 0 Å². The van der Waals surface area contributed by atoms with Crippen LogP contribution < -0.4 is 0 Å². The van der Waals surface area contributed by atoms with Gasteiger partial charge in [0.05, 0.1) is 0 Å². The maximum absolute atomic E-state index is 2.43. The molecular weight excluding hydrogens is 480 g/mol. The molecule has 0 heteroatoms. The van der Waals surface area contributed by atoms with Crippen LogP contribution >= 0.6 is 0 Å². The van der Waals surface area contributed by atoms with E-state index in [9.17, 15) is 0 Å². The molecule has 0 aromatic heterocycles. The van der Waals surface area contributed by atoms with Gasteiger partial charge >= 0.3 is 0 Å². The van der Waals surface area contributed by atoms with Gasteiger partial charge in [-0.15, -0.1) is 0 Å². The molecule has 8 aromatic carbocycles. The largest absolute Gasteiger partial charge is 0.0622 e. The molecule has 0 aliphatic heterocycles. The summed E-state index contributed by atoms with van der Waals surface area (Å²) in [7, 11) is 0. The summed E-state index contributed by atoms with van der Waals surface area (Å²) in [5.74, 6) is 0. The van der Waals surface area contributed by atoms with E-state index in [4.69, 9.17) is 0 Å². The molecule has 0 amide bonds. The molecule has 0 saturated heterocycles. The van der Waals surface area contributed by atoms with Crippen molar-refractivity contribution >= 4 is 53.9 Å². The first-order valence-corrected chi connectivity index (χ1v) is 14.0. The highest BCUT2D eigenvalue weighted by Gasteiger charge is 2.19. The predicted octanol–water partition coefficient (Wildman–Crippen LogP) is 11.4. The van der Waals surface area contributed by atoms with Gasteiger partial charge in [-0.3, -0.25) is 0 Å². The van der Waals surface area contributed by atoms with Gasteiger partial charge in [0.15, 0.2) is 0 Å². The number of hydrogen-bond donors (Lipinski definition) is 0. The molecule has 0 nitrogen and oxygen atoms in total. The van der Waals surface area contributed by atoms with E-state index in [1.165, 1.54) is 87.2 Å². The lowest BCUT2D eigenvalue weighted by Gasteiger charge is -2.20. The second-order valence-electron chi connectivity index (χ2n) is 10.9. The summed E-state index contributed by atoms with van der Waals surface area (Å²) in [4.78, 5) is 0. The number of fused-ring (bicyclic) bond motifs is 7. The Kier molecular flexibility index (Phi) is 5.06. The quantitative estimate of drug-likeness (QED) is 0.161. The third-order valence-electron chi connectivity index (χ3n) is 8.87. The average Bonchev–Trinajstić information content (AvgIpc) is 3.02. The Bertz CT molecular complexity index is 2270. The molecule has 0 heterocycles. The zero-order chi connectivity index (χ0) is 26.8. The van der Waals surface area contributed by atoms with E-state index in [0.717, 1.165) is 0 Å². The van der Waals surface area contributed by atoms with Crippen molar-refractivity contribution in [1.82, 2.24) is 0 Å². The van der Waals surface area contributed by atoms with Crippen LogP contribution in [0.5, 0.6) is 0 Å². The average molecular weight is 509 g/mol. The lowest BCUT2D eigenvalue weighted by atomic mass is 9.83. The fourth-order valence-corrected chi connectivity index (χ4v) is 6.86. The summed E-state index contributed by atoms with van der Waals surface area (Å²) in [6.07, 6.45) is 0. The third-order valence-corrected chi connectivity index (χ3v) is 8.87. The van der Waals surface area contributed by atoms with Gasteiger partial charge in [-0.25, -0.2) is 0 Å². The first-order chi connectivity index (χ1) is 19.7. The molecule has 0 aliphatic rings. The van der Waals surface area contributed by atoms with Crippen molar-refractivity contribution in [2.45, 2.75) is 13.8 Å². The summed E-state index contributed by atoms with van der Waals surface area (Å²) in [6.45, 7) is 4.51. The Hall–Kier alpha value is -4.94. The highest BCUT2D eigenvalue weighted by molar-refractivity contribution is 6.28. The molecule has 8 rings (SSSR count). The molecule has 8 aromatic rings. The molecule has 0 N–H and O–H groups in total. The number of aryl methyl sites for hydroxylation is 2. The van der Waals surface area contributed by atoms with E-state index in [2.05, 4.69) is 147 Å². The second-order valence-corrected chi connectivity index (χ2v) is 10.9. The van der Waals surface area contributed by atoms with Crippen molar-refractivity contribution in [3.63, 3.8) is 0 Å². The number of benzene rings is 8. The Morgan fingerprint density at radius 1 is 0.325 bits per heavy atom. The van der Waals surface area contributed by atoms with E-state index in [-0.39, 0.29) is 0 Å². The van der Waals surface area contributed by atoms with Crippen LogP contribution in [0.3, 0.4) is 0 Å². The molecule has 0 aliphatic carbocycles. The second kappa shape index (κ2) is 8.79. The maximum atomic E-state index is 2.43. The summed E-state index contributed by atoms with van der Waals surface area (Å²) in [5, 5.41) is 13.1. The monoisotopic (exact) mass is 508 g/mol. The first kappa shape index (κ1) is 23.0. The summed E-state index contributed by atoms with van der Waals surface area (Å²) >= 11 is 0. The van der Waals surface area contributed by atoms with Crippen molar-refractivity contribution in [2.75, 3.05) is 0 Å². The van der Waals surface area contributed by atoms with Crippen molar-refractivity contribution in [3.8, 4) is 22.3 Å². The van der Waals surface area contributed by atoms with Gasteiger partial charge in [0, 0.05) is 0 Å². The van der Waals surface area contributed by atoms with Crippen LogP contribution in [-0.4, -0.2) is 0 Å². The predicted molar refractivity (Wildman–Crippen MR) is 174 cm³/mol. The zero-order valence-electron chi connectivity index (χ0n) is 22.7. The van der Waals surface area contributed by atoms with Crippen molar-refractivity contribution < 1.29 is 0 Å². The molecule has 0 radical (unpaired) electrons. The summed E-state index contributed by atoms with van der Waals surface area (Å²) in [5.41, 5.74) is 7.86. The molecular formula is C40H28. The third kappa shape index (κ3) is 3.26. The highest BCUT2D eigenvalue weighted by atomic mass is 14.2. The van der Waals surface area contributed by atoms with Gasteiger partial charge in [0.1, 0.15) is 0 Å². The van der Waals surface area contributed by atoms with Crippen LogP contribution in [0.1, 0.15) is 11.1 Å². The Balaban J connectivity index is 1.58. The number of rotatable bonds is 2. The van der Waals surface area contributed by atoms with Gasteiger partial charge in [-0.2, -0.15) is 0 Å². The van der Waals surface area contributed by atoms with Crippen LogP contribution in [-0.2, 0) is 0 Å². The van der Waals surface area contributed by atoms with E-state index in [0.29, 0.717) is 0 Å². The molecule has 0 fully saturated rings. The fraction of sp³-hybridized carbons (Fsp3) is 0.0500. The van der Waals surface area contributed by atoms with Crippen LogP contribution in [0.25, 0.3) is 76.1 Å². The molecule has 188 valence electrons. The Morgan fingerprint density at radius 2 is 0.875 bits per heavy atom. The Morgan fingerprint density at radius 3 is 1.62 bits per heavy atom. The SMILES string of the molecule is Cc1c(C)c2ccc(-c3c4ccccc4c(-c4ccccc4)c4c3ccc3ccccc34)cc2c2ccccc12. The van der Waals surface area contributed by atoms with Gasteiger partial charge in [0.25, 0.3) is 0 Å². The minimum atomic E-state index is 1.25. The minimum Gasteiger partial charge on any atom is -0.0622 e. The molecule has 40 heavy (non-hydrogen) atoms. The lowest BCUT2D eigenvalue weighted by molar-refractivity contribution is 1.41. The van der Waals surface area contributed by atoms with E-state index < -0.39 is 0 Å². The van der Waals surface area contributed by atoms with Gasteiger partial charge in [-0.1, -0.05) is 127 Å². The molecule has 0 atom stereocenters. The van der Waals surface area contributed by atoms with Crippen LogP contribution in [0, 0.1) is 13.8 Å². The smallest absolute Gasteiger partial charge is 0.00141 e. The zero-order valence-corrected chi connectivity index (χ0v) is 22.7. The standard InChI is InChI=1S/C40H28/c1-25-26(2)31-22-21-29(24-37(31)33-17-9-8-15-30(25)33)38-34-18-10-11-19-35(34)39(28-13-4-3-5-14-28)40-32-16-7-6-12-27(32)20-23-36(38)40/h3-24H,1-2H3. The van der Waals surface area contributed by atoms with Crippen LogP contribution in [0.4, 0.5) is 0 Å². The van der Waals surface area contributed by atoms with E-state index >= 15 is 0 Å². The van der Waals surface area contributed by atoms with Crippen molar-refractivity contribution in [2.24, 2.45) is 0 Å². The van der Waals surface area contributed by atoms with Crippen LogP contribution in [0.2, 0.25) is 0 Å². The molecule has 0 unspecified atom stereocenters. The van der Waals surface area contributed by atoms with E-state index in [1.807, 2.05) is 0 Å². The van der Waals surface area contributed by atoms with E-state index in [1.54, 1.807) is 0 Å². The lowest BCUT2D eigenvalue weighted by Crippen LogP contribution is -1.93. The number of hydrogen-bond acceptors (Lipinski definition) is 0. The highest BCUT2D eigenvalue weighted by Crippen LogP contribution is 2.47. The molecule has 0 bridgehead atoms. The minimum absolute atomic E-state index is 1.25. The Labute approximate surface area is 234 Å². The first-order valence-electron chi connectivity index (χ1n) is 14.0. The van der Waals surface area contributed by atoms with Crippen LogP contribution in [0.15, 0.2) is 133 Å². The molecule has 0 saturated carbocycles. The molecule has 0 spiro atoms. The van der Waals surface area contributed by atoms with Crippen molar-refractivity contribution in [3.05, 3.63) is 145 Å². The summed E-state index contributed by atoms with van der Waals surface area (Å²) in [6, 6.07) is 49.2. The van der Waals surface area contributed by atoms with Gasteiger partial charge < -0.3 is 0 Å². The topological polar surface area (TPSA) is 0 Å². The van der Waals surface area contributed by atoms with Gasteiger partial charge in [-0.05, 0) is 107 Å². The van der Waals surface area contributed by atoms with Crippen molar-refractivity contribution in [1.29, 1.82) is 0 Å². The summed E-state index contributed by atoms with van der Waals surface area (Å²) < 4.78 is 0. The maximum Gasteiger partial charge on any atom is -0.00141 e. The fourth-order valence-electron chi connectivity index (χ4n) is 6.86. The normalized spacial score (nSPS) is 11.8.